The van der Waals surface area contributed by atoms with E-state index in [9.17, 15) is 5.11 Å². The summed E-state index contributed by atoms with van der Waals surface area (Å²) in [5.74, 6) is 0.615. The van der Waals surface area contributed by atoms with Gasteiger partial charge in [0.1, 0.15) is 6.61 Å². The maximum atomic E-state index is 9.25. The Bertz CT molecular complexity index is 284. The largest absolute Gasteiger partial charge is 0.504 e. The van der Waals surface area contributed by atoms with Crippen LogP contribution in [-0.2, 0) is 0 Å². The van der Waals surface area contributed by atoms with Crippen molar-refractivity contribution in [3.63, 3.8) is 0 Å². The average Bonchev–Trinajstić information content (AvgIpc) is 2.03. The van der Waals surface area contributed by atoms with Gasteiger partial charge < -0.3 is 9.84 Å². The molecule has 0 aliphatic carbocycles. The monoisotopic (exact) mass is 228 g/mol. The maximum absolute atomic E-state index is 9.25. The number of rotatable bonds is 3. The minimum atomic E-state index is 0.145. The molecule has 0 fully saturated rings. The Balaban J connectivity index is 2.63. The first-order valence-electron chi connectivity index (χ1n) is 3.44. The van der Waals surface area contributed by atoms with E-state index in [0.29, 0.717) is 12.4 Å². The minimum absolute atomic E-state index is 0.145. The van der Waals surface area contributed by atoms with Crippen LogP contribution in [0.2, 0.25) is 0 Å². The van der Waals surface area contributed by atoms with Gasteiger partial charge in [0, 0.05) is 4.48 Å². The predicted octanol–water partition coefficient (Wildman–Crippen LogP) is 2.68. The number of halogens is 1. The van der Waals surface area contributed by atoms with Crippen molar-refractivity contribution in [2.24, 2.45) is 0 Å². The van der Waals surface area contributed by atoms with Crippen LogP contribution in [0, 0.1) is 0 Å². The summed E-state index contributed by atoms with van der Waals surface area (Å²) in [5.41, 5.74) is 0. The highest BCUT2D eigenvalue weighted by atomic mass is 79.9. The number of phenolic OH excluding ortho intramolecular Hbond substituents is 1. The molecule has 1 rings (SSSR count). The number of phenols is 1. The fraction of sp³-hybridized carbons (Fsp3) is 0.111. The van der Waals surface area contributed by atoms with Crippen molar-refractivity contribution in [2.75, 3.05) is 6.61 Å². The fourth-order valence-corrected chi connectivity index (χ4v) is 0.850. The Kier molecular flexibility index (Phi) is 3.17. The predicted molar refractivity (Wildman–Crippen MR) is 51.7 cm³/mol. The first kappa shape index (κ1) is 9.13. The summed E-state index contributed by atoms with van der Waals surface area (Å²) in [7, 11) is 0. The van der Waals surface area contributed by atoms with E-state index in [4.69, 9.17) is 4.74 Å². The summed E-state index contributed by atoms with van der Waals surface area (Å²) in [4.78, 5) is 0. The van der Waals surface area contributed by atoms with Crippen molar-refractivity contribution >= 4 is 15.9 Å². The van der Waals surface area contributed by atoms with Crippen molar-refractivity contribution in [1.29, 1.82) is 0 Å². The van der Waals surface area contributed by atoms with Crippen LogP contribution in [0.25, 0.3) is 0 Å². The minimum Gasteiger partial charge on any atom is -0.504 e. The van der Waals surface area contributed by atoms with Gasteiger partial charge in [-0.25, -0.2) is 0 Å². The van der Waals surface area contributed by atoms with Crippen molar-refractivity contribution in [3.8, 4) is 11.5 Å². The van der Waals surface area contributed by atoms with Crippen molar-refractivity contribution in [3.05, 3.63) is 35.3 Å². The number of para-hydroxylation sites is 2. The topological polar surface area (TPSA) is 29.5 Å². The van der Waals surface area contributed by atoms with E-state index >= 15 is 0 Å². The standard InChI is InChI=1S/C9H9BrO2/c1-7(10)6-12-9-5-3-2-4-8(9)11/h2-5,11H,1,6H2. The highest BCUT2D eigenvalue weighted by molar-refractivity contribution is 9.11. The number of hydrogen-bond donors (Lipinski definition) is 1. The summed E-state index contributed by atoms with van der Waals surface area (Å²) in [6.07, 6.45) is 0. The third-order valence-corrected chi connectivity index (χ3v) is 1.48. The molecule has 0 aliphatic heterocycles. The van der Waals surface area contributed by atoms with E-state index in [1.54, 1.807) is 24.3 Å². The van der Waals surface area contributed by atoms with Gasteiger partial charge in [-0.05, 0) is 12.1 Å². The SMILES string of the molecule is C=C(Br)COc1ccccc1O. The highest BCUT2D eigenvalue weighted by Crippen LogP contribution is 2.24. The zero-order chi connectivity index (χ0) is 8.97. The number of hydrogen-bond acceptors (Lipinski definition) is 2. The maximum Gasteiger partial charge on any atom is 0.161 e. The molecule has 0 saturated heterocycles. The van der Waals surface area contributed by atoms with Crippen molar-refractivity contribution in [2.45, 2.75) is 0 Å². The van der Waals surface area contributed by atoms with Crippen LogP contribution < -0.4 is 4.74 Å². The van der Waals surface area contributed by atoms with Gasteiger partial charge in [-0.2, -0.15) is 0 Å². The lowest BCUT2D eigenvalue weighted by Crippen LogP contribution is -1.95. The Labute approximate surface area is 79.6 Å². The molecular weight excluding hydrogens is 220 g/mol. The van der Waals surface area contributed by atoms with Gasteiger partial charge in [0.2, 0.25) is 0 Å². The normalized spacial score (nSPS) is 9.42. The second-order valence-corrected chi connectivity index (χ2v) is 3.40. The van der Waals surface area contributed by atoms with Crippen molar-refractivity contribution in [1.82, 2.24) is 0 Å². The van der Waals surface area contributed by atoms with Gasteiger partial charge in [-0.15, -0.1) is 0 Å². The van der Waals surface area contributed by atoms with Crippen LogP contribution in [-0.4, -0.2) is 11.7 Å². The molecule has 0 spiro atoms. The van der Waals surface area contributed by atoms with E-state index in [1.807, 2.05) is 0 Å². The molecule has 3 heteroatoms. The van der Waals surface area contributed by atoms with Gasteiger partial charge >= 0.3 is 0 Å². The van der Waals surface area contributed by atoms with E-state index in [-0.39, 0.29) is 5.75 Å². The molecule has 0 bridgehead atoms. The highest BCUT2D eigenvalue weighted by Gasteiger charge is 1.99. The van der Waals surface area contributed by atoms with Crippen LogP contribution in [0.1, 0.15) is 0 Å². The lowest BCUT2D eigenvalue weighted by atomic mass is 10.3. The Hall–Kier alpha value is -0.960. The van der Waals surface area contributed by atoms with E-state index < -0.39 is 0 Å². The molecule has 0 heterocycles. The average molecular weight is 229 g/mol. The quantitative estimate of drug-likeness (QED) is 0.863. The van der Waals surface area contributed by atoms with E-state index in [1.165, 1.54) is 0 Å². The number of benzene rings is 1. The second kappa shape index (κ2) is 4.16. The Morgan fingerprint density at radius 3 is 2.75 bits per heavy atom. The van der Waals surface area contributed by atoms with Crippen LogP contribution in [0.4, 0.5) is 0 Å². The molecule has 12 heavy (non-hydrogen) atoms. The molecule has 0 atom stereocenters. The summed E-state index contributed by atoms with van der Waals surface area (Å²) >= 11 is 3.16. The zero-order valence-electron chi connectivity index (χ0n) is 6.46. The molecule has 64 valence electrons. The first-order chi connectivity index (χ1) is 5.70. The third kappa shape index (κ3) is 2.58. The van der Waals surface area contributed by atoms with Crippen LogP contribution in [0.15, 0.2) is 35.3 Å². The van der Waals surface area contributed by atoms with Crippen LogP contribution in [0.3, 0.4) is 0 Å². The molecule has 1 aromatic carbocycles. The van der Waals surface area contributed by atoms with Gasteiger partial charge in [0.05, 0.1) is 0 Å². The van der Waals surface area contributed by atoms with E-state index in [0.717, 1.165) is 4.48 Å². The van der Waals surface area contributed by atoms with Crippen LogP contribution in [0.5, 0.6) is 11.5 Å². The first-order valence-corrected chi connectivity index (χ1v) is 4.23. The summed E-state index contributed by atoms with van der Waals surface area (Å²) in [6.45, 7) is 3.97. The number of aromatic hydroxyl groups is 1. The zero-order valence-corrected chi connectivity index (χ0v) is 8.04. The van der Waals surface area contributed by atoms with Crippen molar-refractivity contribution < 1.29 is 9.84 Å². The van der Waals surface area contributed by atoms with Gasteiger partial charge in [0.15, 0.2) is 11.5 Å². The van der Waals surface area contributed by atoms with Gasteiger partial charge in [0.25, 0.3) is 0 Å². The molecule has 1 N–H and O–H groups in total. The second-order valence-electron chi connectivity index (χ2n) is 2.27. The molecule has 0 amide bonds. The number of ether oxygens (including phenoxy) is 1. The summed E-state index contributed by atoms with van der Waals surface area (Å²) in [6, 6.07) is 6.81. The lowest BCUT2D eigenvalue weighted by Gasteiger charge is -2.05. The Morgan fingerprint density at radius 1 is 1.50 bits per heavy atom. The van der Waals surface area contributed by atoms with Crippen LogP contribution >= 0.6 is 15.9 Å². The summed E-state index contributed by atoms with van der Waals surface area (Å²) in [5, 5.41) is 9.25. The third-order valence-electron chi connectivity index (χ3n) is 1.25. The van der Waals surface area contributed by atoms with Gasteiger partial charge in [-0.1, -0.05) is 34.6 Å². The molecule has 0 radical (unpaired) electrons. The lowest BCUT2D eigenvalue weighted by molar-refractivity contribution is 0.334. The fourth-order valence-electron chi connectivity index (χ4n) is 0.735. The summed E-state index contributed by atoms with van der Waals surface area (Å²) < 4.78 is 5.94. The molecule has 0 saturated carbocycles. The van der Waals surface area contributed by atoms with Gasteiger partial charge in [-0.3, -0.25) is 0 Å². The molecule has 0 aliphatic rings. The smallest absolute Gasteiger partial charge is 0.161 e. The molecule has 0 aromatic heterocycles. The molecule has 1 aromatic rings. The molecular formula is C9H9BrO2. The molecule has 0 unspecified atom stereocenters. The molecule has 2 nitrogen and oxygen atoms in total. The Morgan fingerprint density at radius 2 is 2.17 bits per heavy atom. The van der Waals surface area contributed by atoms with E-state index in [2.05, 4.69) is 22.5 Å².